The fourth-order valence-corrected chi connectivity index (χ4v) is 2.20. The Hall–Kier alpha value is -1.65. The Kier molecular flexibility index (Phi) is 3.73. The van der Waals surface area contributed by atoms with E-state index in [0.29, 0.717) is 0 Å². The smallest absolute Gasteiger partial charge is 0.0878 e. The first kappa shape index (κ1) is 13.8. The fourth-order valence-electron chi connectivity index (χ4n) is 2.20. The van der Waals surface area contributed by atoms with Gasteiger partial charge in [0.15, 0.2) is 0 Å². The Morgan fingerprint density at radius 3 is 2.21 bits per heavy atom. The van der Waals surface area contributed by atoms with Crippen LogP contribution in [0.2, 0.25) is 0 Å². The van der Waals surface area contributed by atoms with Crippen molar-refractivity contribution in [3.8, 4) is 0 Å². The molecule has 0 spiro atoms. The van der Waals surface area contributed by atoms with Gasteiger partial charge < -0.3 is 0 Å². The lowest BCUT2D eigenvalue weighted by atomic mass is 9.86. The number of hydrogen-bond acceptors (Lipinski definition) is 3. The van der Waals surface area contributed by atoms with Crippen molar-refractivity contribution in [3.63, 3.8) is 0 Å². The predicted octanol–water partition coefficient (Wildman–Crippen LogP) is 2.27. The van der Waals surface area contributed by atoms with Crippen LogP contribution in [0.25, 0.3) is 0 Å². The minimum absolute atomic E-state index is 0.0403. The van der Waals surface area contributed by atoms with E-state index in [1.165, 1.54) is 5.56 Å². The molecular formula is C15H22N4. The summed E-state index contributed by atoms with van der Waals surface area (Å²) in [7, 11) is 1.92. The van der Waals surface area contributed by atoms with E-state index < -0.39 is 0 Å². The van der Waals surface area contributed by atoms with Gasteiger partial charge in [0, 0.05) is 13.2 Å². The quantitative estimate of drug-likeness (QED) is 0.656. The van der Waals surface area contributed by atoms with Crippen molar-refractivity contribution >= 4 is 0 Å². The third-order valence-corrected chi connectivity index (χ3v) is 3.43. The second-order valence-corrected chi connectivity index (χ2v) is 5.85. The summed E-state index contributed by atoms with van der Waals surface area (Å²) in [6.45, 7) is 6.63. The lowest BCUT2D eigenvalue weighted by Crippen LogP contribution is -2.30. The van der Waals surface area contributed by atoms with Crippen molar-refractivity contribution in [1.82, 2.24) is 15.2 Å². The number of nitrogens with one attached hydrogen (secondary N) is 1. The van der Waals surface area contributed by atoms with Crippen LogP contribution in [0, 0.1) is 0 Å². The highest BCUT2D eigenvalue weighted by Gasteiger charge is 2.18. The summed E-state index contributed by atoms with van der Waals surface area (Å²) in [5.41, 5.74) is 6.52. The Morgan fingerprint density at radius 2 is 1.79 bits per heavy atom. The average molecular weight is 258 g/mol. The standard InChI is InChI=1S/C15H22N4/c1-15(2,3)12-7-5-11(6-8-12)14(18-16)13-9-10-17-19(13)4/h5-10,14,18H,16H2,1-4H3. The second-order valence-electron chi connectivity index (χ2n) is 5.85. The molecule has 0 aliphatic heterocycles. The van der Waals surface area contributed by atoms with Crippen molar-refractivity contribution < 1.29 is 0 Å². The van der Waals surface area contributed by atoms with E-state index in [1.54, 1.807) is 6.20 Å². The summed E-state index contributed by atoms with van der Waals surface area (Å²) in [5, 5.41) is 4.19. The Bertz CT molecular complexity index is 534. The van der Waals surface area contributed by atoms with E-state index in [4.69, 9.17) is 5.84 Å². The molecule has 0 saturated carbocycles. The summed E-state index contributed by atoms with van der Waals surface area (Å²) in [6, 6.07) is 10.5. The molecule has 19 heavy (non-hydrogen) atoms. The molecule has 1 heterocycles. The highest BCUT2D eigenvalue weighted by Crippen LogP contribution is 2.26. The summed E-state index contributed by atoms with van der Waals surface area (Å²) < 4.78 is 1.84. The highest BCUT2D eigenvalue weighted by molar-refractivity contribution is 5.32. The average Bonchev–Trinajstić information content (AvgIpc) is 2.76. The normalized spacial score (nSPS) is 13.5. The number of rotatable bonds is 3. The van der Waals surface area contributed by atoms with Gasteiger partial charge >= 0.3 is 0 Å². The zero-order valence-electron chi connectivity index (χ0n) is 12.0. The molecule has 2 rings (SSSR count). The van der Waals surface area contributed by atoms with Gasteiger partial charge in [-0.15, -0.1) is 0 Å². The van der Waals surface area contributed by atoms with Crippen molar-refractivity contribution in [2.75, 3.05) is 0 Å². The molecule has 0 aliphatic rings. The molecule has 0 aliphatic carbocycles. The van der Waals surface area contributed by atoms with E-state index in [9.17, 15) is 0 Å². The van der Waals surface area contributed by atoms with Gasteiger partial charge in [-0.05, 0) is 22.6 Å². The zero-order chi connectivity index (χ0) is 14.0. The monoisotopic (exact) mass is 258 g/mol. The first-order valence-electron chi connectivity index (χ1n) is 6.48. The number of nitrogens with zero attached hydrogens (tertiary/aromatic N) is 2. The molecule has 4 heteroatoms. The van der Waals surface area contributed by atoms with E-state index in [-0.39, 0.29) is 11.5 Å². The van der Waals surface area contributed by atoms with Crippen LogP contribution in [0.15, 0.2) is 36.5 Å². The second kappa shape index (κ2) is 5.15. The van der Waals surface area contributed by atoms with Crippen LogP contribution in [0.4, 0.5) is 0 Å². The van der Waals surface area contributed by atoms with Crippen LogP contribution in [-0.4, -0.2) is 9.78 Å². The van der Waals surface area contributed by atoms with Crippen molar-refractivity contribution in [3.05, 3.63) is 53.3 Å². The van der Waals surface area contributed by atoms with Gasteiger partial charge in [0.1, 0.15) is 0 Å². The maximum absolute atomic E-state index is 5.70. The molecule has 0 amide bonds. The first-order chi connectivity index (χ1) is 8.93. The molecule has 102 valence electrons. The summed E-state index contributed by atoms with van der Waals surface area (Å²) in [5.74, 6) is 5.70. The molecule has 4 nitrogen and oxygen atoms in total. The van der Waals surface area contributed by atoms with E-state index in [2.05, 4.69) is 55.6 Å². The van der Waals surface area contributed by atoms with Gasteiger partial charge in [-0.3, -0.25) is 10.5 Å². The molecule has 0 fully saturated rings. The Balaban J connectivity index is 2.33. The zero-order valence-corrected chi connectivity index (χ0v) is 12.0. The SMILES string of the molecule is Cn1nccc1C(NN)c1ccc(C(C)(C)C)cc1. The van der Waals surface area contributed by atoms with E-state index >= 15 is 0 Å². The molecule has 0 radical (unpaired) electrons. The topological polar surface area (TPSA) is 55.9 Å². The summed E-state index contributed by atoms with van der Waals surface area (Å²) in [6.07, 6.45) is 1.78. The molecule has 1 aromatic heterocycles. The van der Waals surface area contributed by atoms with Crippen LogP contribution >= 0.6 is 0 Å². The van der Waals surface area contributed by atoms with Crippen LogP contribution in [-0.2, 0) is 12.5 Å². The lowest BCUT2D eigenvalue weighted by Gasteiger charge is -2.21. The Labute approximate surface area is 114 Å². The predicted molar refractivity (Wildman–Crippen MR) is 77.5 cm³/mol. The number of hydrazine groups is 1. The highest BCUT2D eigenvalue weighted by atomic mass is 15.3. The third-order valence-electron chi connectivity index (χ3n) is 3.43. The van der Waals surface area contributed by atoms with Crippen molar-refractivity contribution in [1.29, 1.82) is 0 Å². The lowest BCUT2D eigenvalue weighted by molar-refractivity contribution is 0.570. The molecule has 1 atom stereocenters. The van der Waals surface area contributed by atoms with Gasteiger partial charge in [-0.2, -0.15) is 5.10 Å². The molecule has 2 aromatic rings. The Morgan fingerprint density at radius 1 is 1.16 bits per heavy atom. The number of hydrogen-bond donors (Lipinski definition) is 2. The first-order valence-corrected chi connectivity index (χ1v) is 6.48. The molecule has 3 N–H and O–H groups in total. The van der Waals surface area contributed by atoms with Crippen LogP contribution < -0.4 is 11.3 Å². The fraction of sp³-hybridized carbons (Fsp3) is 0.400. The van der Waals surface area contributed by atoms with Gasteiger partial charge in [0.25, 0.3) is 0 Å². The minimum atomic E-state index is -0.0403. The van der Waals surface area contributed by atoms with Crippen molar-refractivity contribution in [2.45, 2.75) is 32.2 Å². The van der Waals surface area contributed by atoms with E-state index in [1.807, 2.05) is 17.8 Å². The largest absolute Gasteiger partial charge is 0.271 e. The molecule has 0 saturated heterocycles. The number of aromatic nitrogens is 2. The molecular weight excluding hydrogens is 236 g/mol. The van der Waals surface area contributed by atoms with Crippen LogP contribution in [0.5, 0.6) is 0 Å². The molecule has 1 aromatic carbocycles. The van der Waals surface area contributed by atoms with E-state index in [0.717, 1.165) is 11.3 Å². The van der Waals surface area contributed by atoms with Gasteiger partial charge in [-0.1, -0.05) is 45.0 Å². The van der Waals surface area contributed by atoms with Crippen molar-refractivity contribution in [2.24, 2.45) is 12.9 Å². The number of benzene rings is 1. The third kappa shape index (κ3) is 2.85. The van der Waals surface area contributed by atoms with Crippen LogP contribution in [0.3, 0.4) is 0 Å². The van der Waals surface area contributed by atoms with Gasteiger partial charge in [-0.25, -0.2) is 5.43 Å². The molecule has 1 unspecified atom stereocenters. The van der Waals surface area contributed by atoms with Gasteiger partial charge in [0.05, 0.1) is 11.7 Å². The number of nitrogens with two attached hydrogens (primary N) is 1. The van der Waals surface area contributed by atoms with Gasteiger partial charge in [0.2, 0.25) is 0 Å². The number of aryl methyl sites for hydroxylation is 1. The summed E-state index contributed by atoms with van der Waals surface area (Å²) >= 11 is 0. The van der Waals surface area contributed by atoms with Crippen LogP contribution in [0.1, 0.15) is 43.6 Å². The maximum atomic E-state index is 5.70. The molecule has 0 bridgehead atoms. The minimum Gasteiger partial charge on any atom is -0.271 e. The summed E-state index contributed by atoms with van der Waals surface area (Å²) in [4.78, 5) is 0. The maximum Gasteiger partial charge on any atom is 0.0878 e.